The van der Waals surface area contributed by atoms with Crippen LogP contribution >= 0.6 is 0 Å². The number of nitrogens with zero attached hydrogens (tertiary/aromatic N) is 5. The number of aromatic nitrogens is 3. The van der Waals surface area contributed by atoms with Gasteiger partial charge < -0.3 is 25.0 Å². The number of Topliss-reactive ketones (excluding diaryl/α,β-unsaturated/α-hetero) is 1. The summed E-state index contributed by atoms with van der Waals surface area (Å²) in [5.74, 6) is 0.0260. The van der Waals surface area contributed by atoms with E-state index >= 15 is 0 Å². The van der Waals surface area contributed by atoms with E-state index in [-0.39, 0.29) is 35.6 Å². The number of benzene rings is 1. The standard InChI is InChI=1S/C32H40N6O4/c1-32(2,3)42-29(40)17-22-5-4-12-38(21-22)25-8-6-23(7-9-25)26-20-35-31(33)30(36-26)28(39)18-24-19-34-11-10-27(24)37-13-15-41-16-14-37/h6-11,19-20,22H,4-5,12-18,21H2,1-3H3,(H2,33,35)/t22-/m1/s1. The topological polar surface area (TPSA) is 124 Å². The molecule has 0 amide bonds. The largest absolute Gasteiger partial charge is 0.460 e. The Kier molecular flexibility index (Phi) is 9.01. The van der Waals surface area contributed by atoms with Crippen LogP contribution in [0.5, 0.6) is 0 Å². The number of piperidine rings is 1. The number of nitrogen functional groups attached to an aromatic ring is 1. The van der Waals surface area contributed by atoms with Gasteiger partial charge in [-0.15, -0.1) is 0 Å². The zero-order valence-corrected chi connectivity index (χ0v) is 24.7. The maximum atomic E-state index is 13.4. The van der Waals surface area contributed by atoms with Crippen LogP contribution in [0, 0.1) is 5.92 Å². The van der Waals surface area contributed by atoms with Crippen molar-refractivity contribution in [3.8, 4) is 11.3 Å². The van der Waals surface area contributed by atoms with Crippen molar-refractivity contribution in [2.24, 2.45) is 5.92 Å². The van der Waals surface area contributed by atoms with Crippen molar-refractivity contribution in [2.45, 2.75) is 52.1 Å². The van der Waals surface area contributed by atoms with Gasteiger partial charge in [-0.2, -0.15) is 0 Å². The number of rotatable bonds is 8. The highest BCUT2D eigenvalue weighted by atomic mass is 16.6. The Morgan fingerprint density at radius 2 is 1.81 bits per heavy atom. The summed E-state index contributed by atoms with van der Waals surface area (Å²) in [5, 5.41) is 0. The van der Waals surface area contributed by atoms with Gasteiger partial charge in [0.2, 0.25) is 0 Å². The van der Waals surface area contributed by atoms with Crippen molar-refractivity contribution < 1.29 is 19.1 Å². The Balaban J connectivity index is 1.27. The molecule has 222 valence electrons. The van der Waals surface area contributed by atoms with Crippen LogP contribution in [0.2, 0.25) is 0 Å². The van der Waals surface area contributed by atoms with Gasteiger partial charge in [0.05, 0.1) is 31.5 Å². The number of hydrogen-bond donors (Lipinski definition) is 1. The summed E-state index contributed by atoms with van der Waals surface area (Å²) < 4.78 is 11.0. The number of ketones is 1. The Hall–Kier alpha value is -4.05. The van der Waals surface area contributed by atoms with E-state index in [0.29, 0.717) is 25.3 Å². The molecule has 5 rings (SSSR count). The quantitative estimate of drug-likeness (QED) is 0.308. The number of anilines is 3. The normalized spacial score (nSPS) is 17.6. The number of hydrogen-bond acceptors (Lipinski definition) is 10. The van der Waals surface area contributed by atoms with Crippen molar-refractivity contribution in [2.75, 3.05) is 54.9 Å². The predicted molar refractivity (Wildman–Crippen MR) is 163 cm³/mol. The molecule has 4 heterocycles. The van der Waals surface area contributed by atoms with Crippen LogP contribution in [0.1, 0.15) is 56.1 Å². The van der Waals surface area contributed by atoms with Crippen LogP contribution < -0.4 is 15.5 Å². The monoisotopic (exact) mass is 572 g/mol. The molecule has 0 radical (unpaired) electrons. The van der Waals surface area contributed by atoms with E-state index in [0.717, 1.165) is 61.5 Å². The lowest BCUT2D eigenvalue weighted by molar-refractivity contribution is -0.156. The Morgan fingerprint density at radius 1 is 1.05 bits per heavy atom. The molecule has 42 heavy (non-hydrogen) atoms. The summed E-state index contributed by atoms with van der Waals surface area (Å²) in [6, 6.07) is 10.0. The van der Waals surface area contributed by atoms with Gasteiger partial charge in [0.15, 0.2) is 11.6 Å². The van der Waals surface area contributed by atoms with Gasteiger partial charge >= 0.3 is 5.97 Å². The summed E-state index contributed by atoms with van der Waals surface area (Å²) in [4.78, 5) is 43.5. The third-order valence-corrected chi connectivity index (χ3v) is 7.57. The number of carbonyl (C=O) groups is 2. The summed E-state index contributed by atoms with van der Waals surface area (Å²) in [7, 11) is 0. The molecule has 2 N–H and O–H groups in total. The second-order valence-electron chi connectivity index (χ2n) is 12.0. The lowest BCUT2D eigenvalue weighted by Gasteiger charge is -2.34. The fraction of sp³-hybridized carbons (Fsp3) is 0.469. The summed E-state index contributed by atoms with van der Waals surface area (Å²) in [5.41, 5.74) is 10.1. The first-order chi connectivity index (χ1) is 20.2. The highest BCUT2D eigenvalue weighted by molar-refractivity contribution is 6.00. The Morgan fingerprint density at radius 3 is 2.55 bits per heavy atom. The molecule has 0 saturated carbocycles. The van der Waals surface area contributed by atoms with Gasteiger partial charge in [-0.3, -0.25) is 14.6 Å². The number of esters is 1. The van der Waals surface area contributed by atoms with Gasteiger partial charge in [0, 0.05) is 67.5 Å². The molecule has 2 saturated heterocycles. The molecule has 2 aromatic heterocycles. The molecule has 1 atom stereocenters. The first-order valence-electron chi connectivity index (χ1n) is 14.6. The van der Waals surface area contributed by atoms with Crippen molar-refractivity contribution in [1.29, 1.82) is 0 Å². The van der Waals surface area contributed by atoms with Crippen molar-refractivity contribution in [1.82, 2.24) is 15.0 Å². The highest BCUT2D eigenvalue weighted by Crippen LogP contribution is 2.29. The molecular weight excluding hydrogens is 532 g/mol. The first kappa shape index (κ1) is 29.4. The molecular formula is C32H40N6O4. The number of pyridine rings is 1. The van der Waals surface area contributed by atoms with E-state index in [1.807, 2.05) is 39.0 Å². The lowest BCUT2D eigenvalue weighted by atomic mass is 9.94. The van der Waals surface area contributed by atoms with Crippen molar-refractivity contribution >= 4 is 28.9 Å². The van der Waals surface area contributed by atoms with Crippen LogP contribution in [-0.4, -0.2) is 71.7 Å². The van der Waals surface area contributed by atoms with Gasteiger partial charge in [0.25, 0.3) is 0 Å². The van der Waals surface area contributed by atoms with E-state index in [1.165, 1.54) is 0 Å². The molecule has 2 aliphatic heterocycles. The SMILES string of the molecule is CC(C)(C)OC(=O)C[C@H]1CCCN(c2ccc(-c3cnc(N)c(C(=O)Cc4cnccc4N4CCOCC4)n3)cc2)C1. The van der Waals surface area contributed by atoms with Gasteiger partial charge in [-0.05, 0) is 57.7 Å². The molecule has 1 aromatic carbocycles. The van der Waals surface area contributed by atoms with Crippen molar-refractivity contribution in [3.63, 3.8) is 0 Å². The van der Waals surface area contributed by atoms with Gasteiger partial charge in [0.1, 0.15) is 11.3 Å². The average molecular weight is 573 g/mol. The minimum atomic E-state index is -0.471. The van der Waals surface area contributed by atoms with Crippen LogP contribution in [0.3, 0.4) is 0 Å². The zero-order chi connectivity index (χ0) is 29.7. The Bertz CT molecular complexity index is 1400. The van der Waals surface area contributed by atoms with Gasteiger partial charge in [-0.1, -0.05) is 12.1 Å². The smallest absolute Gasteiger partial charge is 0.306 e. The molecule has 3 aromatic rings. The fourth-order valence-electron chi connectivity index (χ4n) is 5.60. The molecule has 0 unspecified atom stereocenters. The number of carbonyl (C=O) groups excluding carboxylic acids is 2. The zero-order valence-electron chi connectivity index (χ0n) is 24.7. The number of ether oxygens (including phenoxy) is 2. The molecule has 0 bridgehead atoms. The van der Waals surface area contributed by atoms with E-state index in [9.17, 15) is 9.59 Å². The third kappa shape index (κ3) is 7.42. The molecule has 10 nitrogen and oxygen atoms in total. The predicted octanol–water partition coefficient (Wildman–Crippen LogP) is 4.33. The third-order valence-electron chi connectivity index (χ3n) is 7.57. The molecule has 2 aliphatic rings. The second-order valence-corrected chi connectivity index (χ2v) is 12.0. The van der Waals surface area contributed by atoms with Crippen LogP contribution in [0.15, 0.2) is 48.9 Å². The van der Waals surface area contributed by atoms with E-state index < -0.39 is 5.60 Å². The van der Waals surface area contributed by atoms with Gasteiger partial charge in [-0.25, -0.2) is 9.97 Å². The average Bonchev–Trinajstić information content (AvgIpc) is 2.97. The minimum Gasteiger partial charge on any atom is -0.460 e. The number of nitrogens with two attached hydrogens (primary N) is 1. The minimum absolute atomic E-state index is 0.113. The molecule has 2 fully saturated rings. The van der Waals surface area contributed by atoms with Crippen LogP contribution in [0.4, 0.5) is 17.2 Å². The molecule has 0 aliphatic carbocycles. The van der Waals surface area contributed by atoms with Crippen LogP contribution in [-0.2, 0) is 20.7 Å². The highest BCUT2D eigenvalue weighted by Gasteiger charge is 2.26. The molecule has 10 heteroatoms. The Labute approximate surface area is 247 Å². The summed E-state index contributed by atoms with van der Waals surface area (Å²) in [6.45, 7) is 10.3. The van der Waals surface area contributed by atoms with Crippen LogP contribution in [0.25, 0.3) is 11.3 Å². The first-order valence-corrected chi connectivity index (χ1v) is 14.6. The summed E-state index contributed by atoms with van der Waals surface area (Å²) in [6.07, 6.45) is 7.66. The number of morpholine rings is 1. The van der Waals surface area contributed by atoms with Crippen molar-refractivity contribution in [3.05, 3.63) is 60.2 Å². The molecule has 0 spiro atoms. The maximum absolute atomic E-state index is 13.4. The summed E-state index contributed by atoms with van der Waals surface area (Å²) >= 11 is 0. The maximum Gasteiger partial charge on any atom is 0.306 e. The lowest BCUT2D eigenvalue weighted by Crippen LogP contribution is -2.37. The fourth-order valence-corrected chi connectivity index (χ4v) is 5.60. The van der Waals surface area contributed by atoms with E-state index in [1.54, 1.807) is 18.6 Å². The van der Waals surface area contributed by atoms with E-state index in [4.69, 9.17) is 15.2 Å². The second kappa shape index (κ2) is 12.9. The van der Waals surface area contributed by atoms with E-state index in [2.05, 4.69) is 36.9 Å².